The van der Waals surface area contributed by atoms with Crippen LogP contribution in [0, 0.1) is 5.92 Å². The lowest BCUT2D eigenvalue weighted by Gasteiger charge is -2.16. The zero-order chi connectivity index (χ0) is 18.2. The number of carbonyl (C=O) groups is 2. The minimum absolute atomic E-state index is 0.125. The summed E-state index contributed by atoms with van der Waals surface area (Å²) in [5.74, 6) is -0.653. The lowest BCUT2D eigenvalue weighted by molar-refractivity contribution is -0.145. The molecule has 4 heteroatoms. The Hall–Kier alpha value is -2.62. The second-order valence-electron chi connectivity index (χ2n) is 6.36. The van der Waals surface area contributed by atoms with E-state index in [9.17, 15) is 9.59 Å². The summed E-state index contributed by atoms with van der Waals surface area (Å²) >= 11 is 0. The highest BCUT2D eigenvalue weighted by atomic mass is 16.5. The predicted molar refractivity (Wildman–Crippen MR) is 96.4 cm³/mol. The van der Waals surface area contributed by atoms with Gasteiger partial charge in [0.05, 0.1) is 7.11 Å². The van der Waals surface area contributed by atoms with Crippen molar-refractivity contribution in [3.63, 3.8) is 0 Å². The van der Waals surface area contributed by atoms with Gasteiger partial charge in [-0.05, 0) is 29.2 Å². The van der Waals surface area contributed by atoms with Crippen LogP contribution in [0.1, 0.15) is 37.3 Å². The summed E-state index contributed by atoms with van der Waals surface area (Å²) in [6, 6.07) is 16.9. The fourth-order valence-corrected chi connectivity index (χ4v) is 2.59. The third-order valence-electron chi connectivity index (χ3n) is 3.83. The normalized spacial score (nSPS) is 11.8. The number of benzene rings is 2. The Morgan fingerprint density at radius 1 is 0.960 bits per heavy atom. The zero-order valence-corrected chi connectivity index (χ0v) is 14.9. The second kappa shape index (κ2) is 9.02. The minimum Gasteiger partial charge on any atom is -0.489 e. The van der Waals surface area contributed by atoms with Crippen molar-refractivity contribution in [2.24, 2.45) is 5.92 Å². The van der Waals surface area contributed by atoms with E-state index in [1.54, 1.807) is 24.3 Å². The maximum atomic E-state index is 12.4. The van der Waals surface area contributed by atoms with E-state index in [1.807, 2.05) is 44.2 Å². The molecule has 0 aromatic heterocycles. The molecule has 0 radical (unpaired) electrons. The Morgan fingerprint density at radius 3 is 2.16 bits per heavy atom. The highest BCUT2D eigenvalue weighted by molar-refractivity contribution is 6.04. The molecule has 4 nitrogen and oxygen atoms in total. The standard InChI is InChI=1S/C21H24O4/c1-15(2)13-19(22)20(21(23)24-3)17-9-11-18(12-10-17)25-14-16-7-5-4-6-8-16/h4-12,15,20H,13-14H2,1-3H3. The first-order chi connectivity index (χ1) is 12.0. The summed E-state index contributed by atoms with van der Waals surface area (Å²) in [4.78, 5) is 24.5. The summed E-state index contributed by atoms with van der Waals surface area (Å²) in [6.07, 6.45) is 0.339. The van der Waals surface area contributed by atoms with Gasteiger partial charge in [-0.15, -0.1) is 0 Å². The van der Waals surface area contributed by atoms with Crippen molar-refractivity contribution in [2.45, 2.75) is 32.8 Å². The van der Waals surface area contributed by atoms with Gasteiger partial charge in [-0.25, -0.2) is 0 Å². The summed E-state index contributed by atoms with van der Waals surface area (Å²) in [7, 11) is 1.30. The molecule has 0 saturated heterocycles. The molecule has 2 aromatic carbocycles. The maximum Gasteiger partial charge on any atom is 0.320 e. The fraction of sp³-hybridized carbons (Fsp3) is 0.333. The molecule has 2 rings (SSSR count). The number of ether oxygens (including phenoxy) is 2. The van der Waals surface area contributed by atoms with E-state index in [4.69, 9.17) is 9.47 Å². The first-order valence-electron chi connectivity index (χ1n) is 8.38. The van der Waals surface area contributed by atoms with Gasteiger partial charge in [0.2, 0.25) is 0 Å². The molecular weight excluding hydrogens is 316 g/mol. The average Bonchev–Trinajstić information content (AvgIpc) is 2.61. The van der Waals surface area contributed by atoms with Crippen molar-refractivity contribution in [2.75, 3.05) is 7.11 Å². The summed E-state index contributed by atoms with van der Waals surface area (Å²) in [5.41, 5.74) is 1.70. The molecule has 1 unspecified atom stereocenters. The largest absolute Gasteiger partial charge is 0.489 e. The Balaban J connectivity index is 2.09. The summed E-state index contributed by atoms with van der Waals surface area (Å²) in [5, 5.41) is 0. The van der Waals surface area contributed by atoms with Gasteiger partial charge in [-0.3, -0.25) is 9.59 Å². The molecule has 0 amide bonds. The molecule has 0 N–H and O–H groups in total. The van der Waals surface area contributed by atoms with Crippen molar-refractivity contribution < 1.29 is 19.1 Å². The number of hydrogen-bond acceptors (Lipinski definition) is 4. The van der Waals surface area contributed by atoms with Gasteiger partial charge in [0.1, 0.15) is 18.3 Å². The van der Waals surface area contributed by atoms with Gasteiger partial charge in [0, 0.05) is 6.42 Å². The molecule has 0 saturated carbocycles. The third kappa shape index (κ3) is 5.45. The number of Topliss-reactive ketones (excluding diaryl/α,β-unsaturated/α-hetero) is 1. The van der Waals surface area contributed by atoms with Crippen LogP contribution in [-0.4, -0.2) is 18.9 Å². The fourth-order valence-electron chi connectivity index (χ4n) is 2.59. The zero-order valence-electron chi connectivity index (χ0n) is 14.9. The first-order valence-corrected chi connectivity index (χ1v) is 8.38. The maximum absolute atomic E-state index is 12.4. The van der Waals surface area contributed by atoms with Gasteiger partial charge in [-0.2, -0.15) is 0 Å². The Kier molecular flexibility index (Phi) is 6.75. The van der Waals surface area contributed by atoms with E-state index in [0.29, 0.717) is 24.3 Å². The Morgan fingerprint density at radius 2 is 1.60 bits per heavy atom. The van der Waals surface area contributed by atoms with Crippen molar-refractivity contribution in [3.05, 3.63) is 65.7 Å². The van der Waals surface area contributed by atoms with Crippen LogP contribution >= 0.6 is 0 Å². The van der Waals surface area contributed by atoms with Gasteiger partial charge in [0.15, 0.2) is 5.78 Å². The molecule has 0 aliphatic rings. The molecule has 0 spiro atoms. The van der Waals surface area contributed by atoms with E-state index in [-0.39, 0.29) is 11.7 Å². The minimum atomic E-state index is -0.879. The smallest absolute Gasteiger partial charge is 0.320 e. The van der Waals surface area contributed by atoms with Gasteiger partial charge >= 0.3 is 5.97 Å². The average molecular weight is 340 g/mol. The van der Waals surface area contributed by atoms with Crippen LogP contribution in [0.5, 0.6) is 5.75 Å². The lowest BCUT2D eigenvalue weighted by atomic mass is 9.90. The third-order valence-corrected chi connectivity index (χ3v) is 3.83. The van der Waals surface area contributed by atoms with Crippen LogP contribution in [0.4, 0.5) is 0 Å². The van der Waals surface area contributed by atoms with Crippen molar-refractivity contribution in [1.29, 1.82) is 0 Å². The molecule has 0 fully saturated rings. The van der Waals surface area contributed by atoms with Crippen LogP contribution in [0.2, 0.25) is 0 Å². The molecule has 0 aliphatic carbocycles. The van der Waals surface area contributed by atoms with E-state index in [2.05, 4.69) is 0 Å². The van der Waals surface area contributed by atoms with Gasteiger partial charge in [-0.1, -0.05) is 56.3 Å². The quantitative estimate of drug-likeness (QED) is 0.535. The molecule has 0 heterocycles. The molecule has 1 atom stereocenters. The molecule has 132 valence electrons. The van der Waals surface area contributed by atoms with Crippen molar-refractivity contribution in [1.82, 2.24) is 0 Å². The number of ketones is 1. The number of methoxy groups -OCH3 is 1. The summed E-state index contributed by atoms with van der Waals surface area (Å²) in [6.45, 7) is 4.37. The topological polar surface area (TPSA) is 52.6 Å². The van der Waals surface area contributed by atoms with Gasteiger partial charge < -0.3 is 9.47 Å². The highest BCUT2D eigenvalue weighted by Gasteiger charge is 2.29. The highest BCUT2D eigenvalue weighted by Crippen LogP contribution is 2.24. The molecule has 0 bridgehead atoms. The molecule has 2 aromatic rings. The van der Waals surface area contributed by atoms with Crippen LogP contribution in [0.15, 0.2) is 54.6 Å². The number of esters is 1. The van der Waals surface area contributed by atoms with Crippen LogP contribution in [0.25, 0.3) is 0 Å². The molecular formula is C21H24O4. The Labute approximate surface area is 148 Å². The number of carbonyl (C=O) groups excluding carboxylic acids is 2. The SMILES string of the molecule is COC(=O)C(C(=O)CC(C)C)c1ccc(OCc2ccccc2)cc1. The van der Waals surface area contributed by atoms with Crippen LogP contribution in [-0.2, 0) is 20.9 Å². The predicted octanol–water partition coefficient (Wildman–Crippen LogP) is 4.14. The lowest BCUT2D eigenvalue weighted by Crippen LogP contribution is -2.24. The number of hydrogen-bond donors (Lipinski definition) is 0. The van der Waals surface area contributed by atoms with Crippen LogP contribution < -0.4 is 4.74 Å². The second-order valence-corrected chi connectivity index (χ2v) is 6.36. The monoisotopic (exact) mass is 340 g/mol. The van der Waals surface area contributed by atoms with E-state index >= 15 is 0 Å². The van der Waals surface area contributed by atoms with E-state index in [0.717, 1.165) is 5.56 Å². The summed E-state index contributed by atoms with van der Waals surface area (Å²) < 4.78 is 10.6. The van der Waals surface area contributed by atoms with Gasteiger partial charge in [0.25, 0.3) is 0 Å². The van der Waals surface area contributed by atoms with Crippen LogP contribution in [0.3, 0.4) is 0 Å². The van der Waals surface area contributed by atoms with E-state index in [1.165, 1.54) is 7.11 Å². The van der Waals surface area contributed by atoms with Crippen molar-refractivity contribution >= 4 is 11.8 Å². The first kappa shape index (κ1) is 18.7. The molecule has 25 heavy (non-hydrogen) atoms. The van der Waals surface area contributed by atoms with Crippen molar-refractivity contribution in [3.8, 4) is 5.75 Å². The number of rotatable bonds is 8. The Bertz CT molecular complexity index is 690. The van der Waals surface area contributed by atoms with E-state index < -0.39 is 11.9 Å². The molecule has 0 aliphatic heterocycles.